The van der Waals surface area contributed by atoms with Gasteiger partial charge in [0, 0.05) is 28.7 Å². The molecule has 1 aliphatic rings. The van der Waals surface area contributed by atoms with Crippen LogP contribution in [0.1, 0.15) is 44.2 Å². The van der Waals surface area contributed by atoms with Crippen molar-refractivity contribution in [3.05, 3.63) is 33.8 Å². The van der Waals surface area contributed by atoms with E-state index >= 15 is 0 Å². The molecule has 0 aromatic heterocycles. The lowest BCUT2D eigenvalue weighted by atomic mass is 10.0. The Morgan fingerprint density at radius 1 is 1.32 bits per heavy atom. The van der Waals surface area contributed by atoms with Gasteiger partial charge in [-0.15, -0.1) is 0 Å². The second-order valence-corrected chi connectivity index (χ2v) is 6.03. The molecule has 1 aromatic carbocycles. The van der Waals surface area contributed by atoms with Gasteiger partial charge < -0.3 is 5.73 Å². The Hall–Kier alpha value is -0.280. The fourth-order valence-electron chi connectivity index (χ4n) is 3.18. The maximum Gasteiger partial charge on any atom is 0.0488 e. The summed E-state index contributed by atoms with van der Waals surface area (Å²) in [5, 5.41) is 1.48. The zero-order valence-electron chi connectivity index (χ0n) is 11.4. The van der Waals surface area contributed by atoms with Gasteiger partial charge in [-0.1, -0.05) is 43.0 Å². The number of benzene rings is 1. The van der Waals surface area contributed by atoms with Crippen LogP contribution < -0.4 is 5.73 Å². The molecule has 19 heavy (non-hydrogen) atoms. The minimum atomic E-state index is 0.166. The third-order valence-corrected chi connectivity index (χ3v) is 4.68. The van der Waals surface area contributed by atoms with Crippen LogP contribution in [-0.2, 0) is 0 Å². The van der Waals surface area contributed by atoms with Crippen molar-refractivity contribution in [3.8, 4) is 0 Å². The lowest BCUT2D eigenvalue weighted by Crippen LogP contribution is -2.40. The number of halogens is 2. The Morgan fingerprint density at radius 3 is 2.58 bits per heavy atom. The van der Waals surface area contributed by atoms with E-state index in [9.17, 15) is 0 Å². The lowest BCUT2D eigenvalue weighted by molar-refractivity contribution is 0.147. The monoisotopic (exact) mass is 300 g/mol. The van der Waals surface area contributed by atoms with Crippen molar-refractivity contribution in [2.24, 2.45) is 5.73 Å². The van der Waals surface area contributed by atoms with Gasteiger partial charge in [0.05, 0.1) is 0 Å². The van der Waals surface area contributed by atoms with Gasteiger partial charge in [0.2, 0.25) is 0 Å². The third-order valence-electron chi connectivity index (χ3n) is 4.10. The van der Waals surface area contributed by atoms with Crippen LogP contribution in [0.5, 0.6) is 0 Å². The number of hydrogen-bond acceptors (Lipinski definition) is 2. The van der Waals surface area contributed by atoms with Crippen LogP contribution in [0.2, 0.25) is 10.0 Å². The Kier molecular flexibility index (Phi) is 5.52. The molecule has 2 rings (SSSR count). The minimum absolute atomic E-state index is 0.166. The highest BCUT2D eigenvalue weighted by Gasteiger charge is 2.28. The Labute approximate surface area is 125 Å². The molecule has 0 bridgehead atoms. The van der Waals surface area contributed by atoms with Crippen LogP contribution in [0, 0.1) is 0 Å². The average molecular weight is 301 g/mol. The fourth-order valence-corrected chi connectivity index (χ4v) is 3.60. The summed E-state index contributed by atoms with van der Waals surface area (Å²) >= 11 is 12.4. The van der Waals surface area contributed by atoms with Crippen molar-refractivity contribution in [2.45, 2.75) is 44.7 Å². The molecule has 0 heterocycles. The number of likely N-dealkylation sites (N-methyl/N-ethyl adjacent to an activating group) is 1. The number of nitrogens with zero attached hydrogens (tertiary/aromatic N) is 1. The van der Waals surface area contributed by atoms with Crippen molar-refractivity contribution >= 4 is 23.2 Å². The van der Waals surface area contributed by atoms with Gasteiger partial charge in [0.15, 0.2) is 0 Å². The third kappa shape index (κ3) is 3.43. The maximum atomic E-state index is 6.34. The predicted octanol–water partition coefficient (Wildman–Crippen LogP) is 4.26. The Balaban J connectivity index is 2.28. The molecule has 1 atom stereocenters. The summed E-state index contributed by atoms with van der Waals surface area (Å²) in [6.45, 7) is 3.76. The first-order chi connectivity index (χ1) is 9.17. The summed E-state index contributed by atoms with van der Waals surface area (Å²) in [5.41, 5.74) is 7.09. The van der Waals surface area contributed by atoms with Crippen molar-refractivity contribution in [1.82, 2.24) is 4.90 Å². The van der Waals surface area contributed by atoms with Gasteiger partial charge in [0.25, 0.3) is 0 Å². The molecule has 0 saturated heterocycles. The smallest absolute Gasteiger partial charge is 0.0488 e. The van der Waals surface area contributed by atoms with Crippen LogP contribution in [-0.4, -0.2) is 24.0 Å². The fraction of sp³-hybridized carbons (Fsp3) is 0.600. The zero-order chi connectivity index (χ0) is 13.8. The molecule has 2 N–H and O–H groups in total. The Morgan fingerprint density at radius 2 is 2.00 bits per heavy atom. The van der Waals surface area contributed by atoms with E-state index in [0.717, 1.165) is 22.2 Å². The number of nitrogens with two attached hydrogens (primary N) is 1. The van der Waals surface area contributed by atoms with E-state index < -0.39 is 0 Å². The highest BCUT2D eigenvalue weighted by molar-refractivity contribution is 6.33. The normalized spacial score (nSPS) is 18.2. The number of rotatable bonds is 5. The second-order valence-electron chi connectivity index (χ2n) is 5.19. The van der Waals surface area contributed by atoms with Crippen LogP contribution in [0.25, 0.3) is 0 Å². The van der Waals surface area contributed by atoms with Gasteiger partial charge in [-0.25, -0.2) is 0 Å². The molecule has 4 heteroatoms. The summed E-state index contributed by atoms with van der Waals surface area (Å²) in [7, 11) is 0. The quantitative estimate of drug-likeness (QED) is 0.880. The SMILES string of the molecule is CCN(C1CCCC1)C(CN)c1cc(Cl)ccc1Cl. The lowest BCUT2D eigenvalue weighted by Gasteiger charge is -2.35. The van der Waals surface area contributed by atoms with Gasteiger partial charge >= 0.3 is 0 Å². The minimum Gasteiger partial charge on any atom is -0.329 e. The molecule has 0 radical (unpaired) electrons. The molecule has 1 unspecified atom stereocenters. The molecule has 2 nitrogen and oxygen atoms in total. The molecule has 1 aromatic rings. The van der Waals surface area contributed by atoms with Gasteiger partial charge in [-0.3, -0.25) is 4.90 Å². The summed E-state index contributed by atoms with van der Waals surface area (Å²) < 4.78 is 0. The molecule has 0 amide bonds. The first-order valence-corrected chi connectivity index (χ1v) is 7.83. The number of hydrogen-bond donors (Lipinski definition) is 1. The highest BCUT2D eigenvalue weighted by atomic mass is 35.5. The van der Waals surface area contributed by atoms with Crippen LogP contribution >= 0.6 is 23.2 Å². The molecule has 106 valence electrons. The van der Waals surface area contributed by atoms with E-state index in [1.54, 1.807) is 0 Å². The highest BCUT2D eigenvalue weighted by Crippen LogP contribution is 2.34. The van der Waals surface area contributed by atoms with E-state index in [-0.39, 0.29) is 6.04 Å². The molecule has 0 aliphatic heterocycles. The summed E-state index contributed by atoms with van der Waals surface area (Å²) in [4.78, 5) is 2.49. The van der Waals surface area contributed by atoms with Gasteiger partial charge in [-0.2, -0.15) is 0 Å². The molecule has 1 fully saturated rings. The first kappa shape index (κ1) is 15.1. The van der Waals surface area contributed by atoms with Crippen molar-refractivity contribution < 1.29 is 0 Å². The van der Waals surface area contributed by atoms with E-state index in [0.29, 0.717) is 12.6 Å². The predicted molar refractivity (Wildman–Crippen MR) is 82.9 cm³/mol. The van der Waals surface area contributed by atoms with E-state index in [2.05, 4.69) is 11.8 Å². The van der Waals surface area contributed by atoms with E-state index in [4.69, 9.17) is 28.9 Å². The maximum absolute atomic E-state index is 6.34. The van der Waals surface area contributed by atoms with Gasteiger partial charge in [0.1, 0.15) is 0 Å². The molecular weight excluding hydrogens is 279 g/mol. The van der Waals surface area contributed by atoms with Crippen molar-refractivity contribution in [2.75, 3.05) is 13.1 Å². The van der Waals surface area contributed by atoms with Crippen molar-refractivity contribution in [3.63, 3.8) is 0 Å². The summed E-state index contributed by atoms with van der Waals surface area (Å²) in [6.07, 6.45) is 5.18. The largest absolute Gasteiger partial charge is 0.329 e. The molecule has 1 saturated carbocycles. The van der Waals surface area contributed by atoms with E-state index in [1.165, 1.54) is 25.7 Å². The van der Waals surface area contributed by atoms with Crippen molar-refractivity contribution in [1.29, 1.82) is 0 Å². The average Bonchev–Trinajstić information content (AvgIpc) is 2.92. The van der Waals surface area contributed by atoms with Crippen LogP contribution in [0.4, 0.5) is 0 Å². The molecule has 1 aliphatic carbocycles. The van der Waals surface area contributed by atoms with E-state index in [1.807, 2.05) is 18.2 Å². The molecule has 0 spiro atoms. The van der Waals surface area contributed by atoms with Crippen LogP contribution in [0.3, 0.4) is 0 Å². The molecular formula is C15H22Cl2N2. The Bertz CT molecular complexity index is 417. The van der Waals surface area contributed by atoms with Crippen LogP contribution in [0.15, 0.2) is 18.2 Å². The standard InChI is InChI=1S/C15H22Cl2N2/c1-2-19(12-5-3-4-6-12)15(10-18)13-9-11(16)7-8-14(13)17/h7-9,12,15H,2-6,10,18H2,1H3. The van der Waals surface area contributed by atoms with Gasteiger partial charge in [-0.05, 0) is 43.1 Å². The second kappa shape index (κ2) is 6.94. The summed E-state index contributed by atoms with van der Waals surface area (Å²) in [6, 6.07) is 6.45. The first-order valence-electron chi connectivity index (χ1n) is 7.08. The topological polar surface area (TPSA) is 29.3 Å². The summed E-state index contributed by atoms with van der Waals surface area (Å²) in [5.74, 6) is 0. The zero-order valence-corrected chi connectivity index (χ0v) is 12.9.